The van der Waals surface area contributed by atoms with Gasteiger partial charge in [0.15, 0.2) is 0 Å². The van der Waals surface area contributed by atoms with E-state index >= 15 is 0 Å². The fourth-order valence-electron chi connectivity index (χ4n) is 4.21. The molecule has 2 N–H and O–H groups in total. The van der Waals surface area contributed by atoms with Gasteiger partial charge in [0.25, 0.3) is 0 Å². The maximum atomic E-state index is 12.9. The Balaban J connectivity index is 1.69. The summed E-state index contributed by atoms with van der Waals surface area (Å²) in [6, 6.07) is 8.00. The smallest absolute Gasteiger partial charge is 0.227 e. The lowest BCUT2D eigenvalue weighted by molar-refractivity contribution is -0.138. The van der Waals surface area contributed by atoms with Gasteiger partial charge in [0.1, 0.15) is 5.75 Å². The fourth-order valence-corrected chi connectivity index (χ4v) is 4.21. The van der Waals surface area contributed by atoms with Gasteiger partial charge in [-0.05, 0) is 55.7 Å². The lowest BCUT2D eigenvalue weighted by Crippen LogP contribution is -2.46. The zero-order valence-corrected chi connectivity index (χ0v) is 13.5. The first-order valence-electron chi connectivity index (χ1n) is 8.31. The molecule has 22 heavy (non-hydrogen) atoms. The molecule has 4 atom stereocenters. The molecular formula is C18H26N2O2. The quantitative estimate of drug-likeness (QED) is 0.909. The van der Waals surface area contributed by atoms with Crippen molar-refractivity contribution in [2.45, 2.75) is 38.8 Å². The molecule has 0 radical (unpaired) electrons. The van der Waals surface area contributed by atoms with Crippen LogP contribution in [0.4, 0.5) is 0 Å². The number of nitrogens with zero attached hydrogens (tertiary/aromatic N) is 1. The van der Waals surface area contributed by atoms with Crippen molar-refractivity contribution in [3.63, 3.8) is 0 Å². The summed E-state index contributed by atoms with van der Waals surface area (Å²) in [6.45, 7) is 3.42. The monoisotopic (exact) mass is 302 g/mol. The summed E-state index contributed by atoms with van der Waals surface area (Å²) < 4.78 is 5.18. The molecule has 0 heterocycles. The molecule has 2 aliphatic rings. The van der Waals surface area contributed by atoms with E-state index in [0.29, 0.717) is 18.4 Å². The minimum Gasteiger partial charge on any atom is -0.497 e. The number of amides is 1. The third kappa shape index (κ3) is 2.72. The van der Waals surface area contributed by atoms with E-state index in [1.54, 1.807) is 7.11 Å². The van der Waals surface area contributed by atoms with Gasteiger partial charge >= 0.3 is 0 Å². The van der Waals surface area contributed by atoms with Crippen LogP contribution in [0, 0.1) is 17.8 Å². The van der Waals surface area contributed by atoms with Crippen molar-refractivity contribution in [2.24, 2.45) is 23.5 Å². The summed E-state index contributed by atoms with van der Waals surface area (Å²) in [5, 5.41) is 0. The SMILES string of the molecule is CCN(Cc1ccc(OC)cc1)C(=O)[C@H]1[C@H]2CC[C@@H](C2)[C@@H]1N. The molecule has 2 aliphatic carbocycles. The largest absolute Gasteiger partial charge is 0.497 e. The topological polar surface area (TPSA) is 55.6 Å². The lowest BCUT2D eigenvalue weighted by Gasteiger charge is -2.32. The predicted octanol–water partition coefficient (Wildman–Crippen LogP) is 2.42. The van der Waals surface area contributed by atoms with Crippen molar-refractivity contribution >= 4 is 5.91 Å². The van der Waals surface area contributed by atoms with E-state index in [9.17, 15) is 4.79 Å². The highest BCUT2D eigenvalue weighted by Gasteiger charge is 2.49. The number of rotatable bonds is 5. The Hall–Kier alpha value is -1.55. The molecule has 4 heteroatoms. The summed E-state index contributed by atoms with van der Waals surface area (Å²) in [5.41, 5.74) is 7.46. The van der Waals surface area contributed by atoms with Crippen LogP contribution in [0.3, 0.4) is 0 Å². The van der Waals surface area contributed by atoms with Crippen molar-refractivity contribution in [2.75, 3.05) is 13.7 Å². The highest BCUT2D eigenvalue weighted by atomic mass is 16.5. The Morgan fingerprint density at radius 3 is 2.50 bits per heavy atom. The molecule has 3 rings (SSSR count). The molecule has 1 aromatic carbocycles. The van der Waals surface area contributed by atoms with E-state index in [-0.39, 0.29) is 17.9 Å². The van der Waals surface area contributed by atoms with Crippen molar-refractivity contribution < 1.29 is 9.53 Å². The summed E-state index contributed by atoms with van der Waals surface area (Å²) >= 11 is 0. The van der Waals surface area contributed by atoms with E-state index in [0.717, 1.165) is 24.3 Å². The number of fused-ring (bicyclic) bond motifs is 2. The van der Waals surface area contributed by atoms with Gasteiger partial charge in [-0.25, -0.2) is 0 Å². The molecule has 4 nitrogen and oxygen atoms in total. The third-order valence-corrected chi connectivity index (χ3v) is 5.49. The fraction of sp³-hybridized carbons (Fsp3) is 0.611. The molecule has 0 saturated heterocycles. The number of carbonyl (C=O) groups is 1. The van der Waals surface area contributed by atoms with E-state index in [1.165, 1.54) is 12.8 Å². The van der Waals surface area contributed by atoms with Crippen LogP contribution in [0.2, 0.25) is 0 Å². The molecule has 2 saturated carbocycles. The van der Waals surface area contributed by atoms with Gasteiger partial charge in [-0.15, -0.1) is 0 Å². The second-order valence-electron chi connectivity index (χ2n) is 6.64. The van der Waals surface area contributed by atoms with Crippen molar-refractivity contribution in [3.8, 4) is 5.75 Å². The minimum absolute atomic E-state index is 0.0388. The molecule has 0 unspecified atom stereocenters. The summed E-state index contributed by atoms with van der Waals surface area (Å²) in [4.78, 5) is 14.9. The first kappa shape index (κ1) is 15.3. The number of hydrogen-bond acceptors (Lipinski definition) is 3. The average Bonchev–Trinajstić information content (AvgIpc) is 3.13. The van der Waals surface area contributed by atoms with Crippen LogP contribution in [-0.2, 0) is 11.3 Å². The van der Waals surface area contributed by atoms with Crippen LogP contribution < -0.4 is 10.5 Å². The molecular weight excluding hydrogens is 276 g/mol. The van der Waals surface area contributed by atoms with Gasteiger partial charge in [-0.2, -0.15) is 0 Å². The molecule has 120 valence electrons. The molecule has 0 aliphatic heterocycles. The maximum Gasteiger partial charge on any atom is 0.227 e. The van der Waals surface area contributed by atoms with Crippen LogP contribution >= 0.6 is 0 Å². The third-order valence-electron chi connectivity index (χ3n) is 5.49. The van der Waals surface area contributed by atoms with Gasteiger partial charge < -0.3 is 15.4 Å². The van der Waals surface area contributed by atoms with Gasteiger partial charge in [-0.1, -0.05) is 12.1 Å². The highest BCUT2D eigenvalue weighted by molar-refractivity contribution is 5.80. The lowest BCUT2D eigenvalue weighted by atomic mass is 9.84. The number of methoxy groups -OCH3 is 1. The van der Waals surface area contributed by atoms with E-state index in [1.807, 2.05) is 36.1 Å². The summed E-state index contributed by atoms with van der Waals surface area (Å²) in [7, 11) is 1.66. The second-order valence-corrected chi connectivity index (χ2v) is 6.64. The number of benzene rings is 1. The number of hydrogen-bond donors (Lipinski definition) is 1. The van der Waals surface area contributed by atoms with Gasteiger partial charge in [-0.3, -0.25) is 4.79 Å². The highest BCUT2D eigenvalue weighted by Crippen LogP contribution is 2.48. The standard InChI is InChI=1S/C18H26N2O2/c1-3-20(11-12-4-8-15(22-2)9-5-12)18(21)16-13-6-7-14(10-13)17(16)19/h4-5,8-9,13-14,16-17H,3,6-7,10-11,19H2,1-2H3/t13-,14-,16-,17-/m0/s1. The molecule has 1 amide bonds. The second kappa shape index (κ2) is 6.29. The van der Waals surface area contributed by atoms with Gasteiger partial charge in [0, 0.05) is 19.1 Å². The van der Waals surface area contributed by atoms with Crippen LogP contribution in [0.5, 0.6) is 5.75 Å². The van der Waals surface area contributed by atoms with Crippen molar-refractivity contribution in [3.05, 3.63) is 29.8 Å². The van der Waals surface area contributed by atoms with E-state index < -0.39 is 0 Å². The first-order valence-corrected chi connectivity index (χ1v) is 8.31. The van der Waals surface area contributed by atoms with Crippen LogP contribution in [0.15, 0.2) is 24.3 Å². The van der Waals surface area contributed by atoms with Crippen molar-refractivity contribution in [1.29, 1.82) is 0 Å². The Morgan fingerprint density at radius 1 is 1.27 bits per heavy atom. The first-order chi connectivity index (χ1) is 10.6. The number of nitrogens with two attached hydrogens (primary N) is 1. The van der Waals surface area contributed by atoms with Crippen LogP contribution in [-0.4, -0.2) is 30.5 Å². The normalized spacial score (nSPS) is 29.6. The summed E-state index contributed by atoms with van der Waals surface area (Å²) in [5.74, 6) is 2.21. The molecule has 0 spiro atoms. The van der Waals surface area contributed by atoms with Crippen LogP contribution in [0.25, 0.3) is 0 Å². The number of ether oxygens (including phenoxy) is 1. The van der Waals surface area contributed by atoms with E-state index in [4.69, 9.17) is 10.5 Å². The maximum absolute atomic E-state index is 12.9. The molecule has 2 fully saturated rings. The van der Waals surface area contributed by atoms with E-state index in [2.05, 4.69) is 0 Å². The molecule has 1 aromatic rings. The zero-order valence-electron chi connectivity index (χ0n) is 13.5. The Bertz CT molecular complexity index is 526. The van der Waals surface area contributed by atoms with Gasteiger partial charge in [0.05, 0.1) is 13.0 Å². The Kier molecular flexibility index (Phi) is 4.39. The van der Waals surface area contributed by atoms with Crippen molar-refractivity contribution in [1.82, 2.24) is 4.90 Å². The Labute approximate surface area is 132 Å². The number of carbonyl (C=O) groups excluding carboxylic acids is 1. The predicted molar refractivity (Wildman–Crippen MR) is 86.4 cm³/mol. The Morgan fingerprint density at radius 2 is 1.95 bits per heavy atom. The zero-order chi connectivity index (χ0) is 15.7. The minimum atomic E-state index is 0.0388. The molecule has 2 bridgehead atoms. The van der Waals surface area contributed by atoms with Gasteiger partial charge in [0.2, 0.25) is 5.91 Å². The molecule has 0 aromatic heterocycles. The summed E-state index contributed by atoms with van der Waals surface area (Å²) in [6.07, 6.45) is 3.53. The van der Waals surface area contributed by atoms with Crippen LogP contribution in [0.1, 0.15) is 31.7 Å². The average molecular weight is 302 g/mol.